The van der Waals surface area contributed by atoms with Crippen molar-refractivity contribution >= 4 is 22.4 Å². The van der Waals surface area contributed by atoms with Gasteiger partial charge in [0.05, 0.1) is 0 Å². The van der Waals surface area contributed by atoms with E-state index in [1.54, 1.807) is 20.0 Å². The Balaban J connectivity index is 1.61. The summed E-state index contributed by atoms with van der Waals surface area (Å²) in [4.78, 5) is 32.1. The van der Waals surface area contributed by atoms with Crippen LogP contribution in [-0.2, 0) is 17.6 Å². The summed E-state index contributed by atoms with van der Waals surface area (Å²) in [6, 6.07) is 12.0. The van der Waals surface area contributed by atoms with Gasteiger partial charge in [-0.2, -0.15) is 5.26 Å². The van der Waals surface area contributed by atoms with Gasteiger partial charge in [-0.05, 0) is 37.0 Å². The van der Waals surface area contributed by atoms with Gasteiger partial charge < -0.3 is 10.3 Å². The predicted molar refractivity (Wildman–Crippen MR) is 110 cm³/mol. The smallest absolute Gasteiger partial charge is 0.266 e. The molecular formula is C21H20N4O2S. The van der Waals surface area contributed by atoms with Crippen LogP contribution < -0.4 is 10.9 Å². The molecule has 0 saturated heterocycles. The Kier molecular flexibility index (Phi) is 6.02. The van der Waals surface area contributed by atoms with Crippen molar-refractivity contribution in [2.45, 2.75) is 33.1 Å². The summed E-state index contributed by atoms with van der Waals surface area (Å²) in [5.41, 5.74) is 3.06. The van der Waals surface area contributed by atoms with Crippen molar-refractivity contribution in [3.8, 4) is 6.07 Å². The highest BCUT2D eigenvalue weighted by Gasteiger charge is 2.14. The second-order valence-electron chi connectivity index (χ2n) is 6.51. The summed E-state index contributed by atoms with van der Waals surface area (Å²) >= 11 is 1.46. The molecule has 7 heteroatoms. The van der Waals surface area contributed by atoms with E-state index in [-0.39, 0.29) is 23.5 Å². The molecule has 0 aliphatic rings. The summed E-state index contributed by atoms with van der Waals surface area (Å²) in [6.07, 6.45) is 3.24. The average molecular weight is 392 g/mol. The molecule has 0 aliphatic carbocycles. The number of H-pyrrole nitrogens is 1. The lowest BCUT2D eigenvalue weighted by molar-refractivity contribution is -0.116. The van der Waals surface area contributed by atoms with Crippen molar-refractivity contribution in [1.82, 2.24) is 9.97 Å². The lowest BCUT2D eigenvalue weighted by Crippen LogP contribution is -2.18. The first kappa shape index (κ1) is 19.5. The third-order valence-electron chi connectivity index (χ3n) is 4.54. The molecule has 1 aromatic carbocycles. The van der Waals surface area contributed by atoms with Gasteiger partial charge in [-0.1, -0.05) is 30.3 Å². The summed E-state index contributed by atoms with van der Waals surface area (Å²) < 4.78 is 0. The molecule has 0 unspecified atom stereocenters. The number of aryl methyl sites for hydroxylation is 1. The van der Waals surface area contributed by atoms with E-state index in [1.807, 2.05) is 24.3 Å². The lowest BCUT2D eigenvalue weighted by Gasteiger charge is -2.10. The molecule has 0 radical (unpaired) electrons. The molecule has 142 valence electrons. The number of nitriles is 1. The third-order valence-corrected chi connectivity index (χ3v) is 5.46. The van der Waals surface area contributed by atoms with Gasteiger partial charge in [0.2, 0.25) is 5.91 Å². The Bertz CT molecular complexity index is 1090. The van der Waals surface area contributed by atoms with Gasteiger partial charge in [-0.3, -0.25) is 9.59 Å². The summed E-state index contributed by atoms with van der Waals surface area (Å²) in [6.45, 7) is 3.52. The number of nitrogens with zero attached hydrogens (tertiary/aromatic N) is 2. The number of hydrogen-bond donors (Lipinski definition) is 2. The largest absolute Gasteiger partial charge is 0.325 e. The Morgan fingerprint density at radius 3 is 2.75 bits per heavy atom. The van der Waals surface area contributed by atoms with Crippen molar-refractivity contribution in [2.75, 3.05) is 5.32 Å². The standard InChI is InChI=1S/C21H20N4O2S/c1-13-17(14(2)24-20(27)18(13)11-22)8-9-19(26)25-21-23-12-16(28-21)10-15-6-4-3-5-7-15/h3-7,12H,8-10H2,1-2H3,(H,24,27)(H,23,25,26). The van der Waals surface area contributed by atoms with E-state index in [0.717, 1.165) is 16.9 Å². The minimum Gasteiger partial charge on any atom is -0.325 e. The molecule has 0 saturated carbocycles. The summed E-state index contributed by atoms with van der Waals surface area (Å²) in [5, 5.41) is 12.5. The monoisotopic (exact) mass is 392 g/mol. The van der Waals surface area contributed by atoms with Crippen LogP contribution in [0.2, 0.25) is 0 Å². The first-order valence-corrected chi connectivity index (χ1v) is 9.70. The molecular weight excluding hydrogens is 372 g/mol. The fourth-order valence-corrected chi connectivity index (χ4v) is 3.95. The zero-order valence-electron chi connectivity index (χ0n) is 15.7. The molecule has 2 aromatic heterocycles. The van der Waals surface area contributed by atoms with E-state index >= 15 is 0 Å². The second kappa shape index (κ2) is 8.63. The number of aromatic nitrogens is 2. The molecule has 6 nitrogen and oxygen atoms in total. The van der Waals surface area contributed by atoms with E-state index in [9.17, 15) is 9.59 Å². The van der Waals surface area contributed by atoms with Crippen LogP contribution in [0.25, 0.3) is 0 Å². The summed E-state index contributed by atoms with van der Waals surface area (Å²) in [7, 11) is 0. The normalized spacial score (nSPS) is 10.5. The van der Waals surface area contributed by atoms with Gasteiger partial charge >= 0.3 is 0 Å². The third kappa shape index (κ3) is 4.53. The fraction of sp³-hybridized carbons (Fsp3) is 0.238. The maximum absolute atomic E-state index is 12.3. The number of carbonyl (C=O) groups excluding carboxylic acids is 1. The summed E-state index contributed by atoms with van der Waals surface area (Å²) in [5.74, 6) is -0.149. The van der Waals surface area contributed by atoms with Crippen molar-refractivity contribution in [3.63, 3.8) is 0 Å². The lowest BCUT2D eigenvalue weighted by atomic mass is 9.99. The van der Waals surface area contributed by atoms with Crippen LogP contribution in [0.1, 0.15) is 39.2 Å². The molecule has 2 heterocycles. The van der Waals surface area contributed by atoms with E-state index in [0.29, 0.717) is 22.8 Å². The van der Waals surface area contributed by atoms with Gasteiger partial charge in [0, 0.05) is 29.6 Å². The van der Waals surface area contributed by atoms with E-state index in [4.69, 9.17) is 5.26 Å². The average Bonchev–Trinajstić information content (AvgIpc) is 3.09. The van der Waals surface area contributed by atoms with Crippen LogP contribution in [0, 0.1) is 25.2 Å². The molecule has 0 atom stereocenters. The highest BCUT2D eigenvalue weighted by molar-refractivity contribution is 7.15. The topological polar surface area (TPSA) is 98.6 Å². The second-order valence-corrected chi connectivity index (χ2v) is 7.63. The zero-order valence-corrected chi connectivity index (χ0v) is 16.5. The Hall–Kier alpha value is -3.24. The predicted octanol–water partition coefficient (Wildman–Crippen LogP) is 3.48. The maximum Gasteiger partial charge on any atom is 0.266 e. The fourth-order valence-electron chi connectivity index (χ4n) is 3.08. The SMILES string of the molecule is Cc1[nH]c(=O)c(C#N)c(C)c1CCC(=O)Nc1ncc(Cc2ccccc2)s1. The Morgan fingerprint density at radius 2 is 2.04 bits per heavy atom. The highest BCUT2D eigenvalue weighted by atomic mass is 32.1. The van der Waals surface area contributed by atoms with Gasteiger partial charge in [0.25, 0.3) is 5.56 Å². The molecule has 3 rings (SSSR count). The number of hydrogen-bond acceptors (Lipinski definition) is 5. The number of amides is 1. The number of nitrogens with one attached hydrogen (secondary N) is 2. The quantitative estimate of drug-likeness (QED) is 0.671. The zero-order chi connectivity index (χ0) is 20.1. The van der Waals surface area contributed by atoms with Gasteiger partial charge in [-0.25, -0.2) is 4.98 Å². The van der Waals surface area contributed by atoms with Crippen molar-refractivity contribution < 1.29 is 4.79 Å². The minimum atomic E-state index is -0.389. The van der Waals surface area contributed by atoms with Crippen LogP contribution in [0.5, 0.6) is 0 Å². The maximum atomic E-state index is 12.3. The number of anilines is 1. The molecule has 0 aliphatic heterocycles. The van der Waals surface area contributed by atoms with Gasteiger partial charge in [0.1, 0.15) is 11.6 Å². The highest BCUT2D eigenvalue weighted by Crippen LogP contribution is 2.22. The molecule has 1 amide bonds. The van der Waals surface area contributed by atoms with Crippen molar-refractivity contribution in [1.29, 1.82) is 5.26 Å². The number of thiazole rings is 1. The molecule has 3 aromatic rings. The number of pyridine rings is 1. The number of aromatic amines is 1. The van der Waals surface area contributed by atoms with Crippen molar-refractivity contribution in [2.24, 2.45) is 0 Å². The molecule has 0 fully saturated rings. The molecule has 0 spiro atoms. The van der Waals surface area contributed by atoms with Crippen LogP contribution in [-0.4, -0.2) is 15.9 Å². The molecule has 28 heavy (non-hydrogen) atoms. The minimum absolute atomic E-state index is 0.103. The van der Waals surface area contributed by atoms with Gasteiger partial charge in [-0.15, -0.1) is 11.3 Å². The molecule has 2 N–H and O–H groups in total. The van der Waals surface area contributed by atoms with Crippen molar-refractivity contribution in [3.05, 3.63) is 79.7 Å². The number of benzene rings is 1. The van der Waals surface area contributed by atoms with Crippen LogP contribution >= 0.6 is 11.3 Å². The Morgan fingerprint density at radius 1 is 1.29 bits per heavy atom. The number of carbonyl (C=O) groups is 1. The number of rotatable bonds is 6. The van der Waals surface area contributed by atoms with E-state index in [2.05, 4.69) is 27.4 Å². The van der Waals surface area contributed by atoms with E-state index in [1.165, 1.54) is 16.9 Å². The van der Waals surface area contributed by atoms with Gasteiger partial charge in [0.15, 0.2) is 5.13 Å². The first-order chi connectivity index (χ1) is 13.5. The van der Waals surface area contributed by atoms with Crippen LogP contribution in [0.4, 0.5) is 5.13 Å². The molecule has 0 bridgehead atoms. The Labute approximate surface area is 166 Å². The van der Waals surface area contributed by atoms with E-state index < -0.39 is 0 Å². The first-order valence-electron chi connectivity index (χ1n) is 8.89. The van der Waals surface area contributed by atoms with Crippen LogP contribution in [0.3, 0.4) is 0 Å². The van der Waals surface area contributed by atoms with Crippen LogP contribution in [0.15, 0.2) is 41.3 Å².